The van der Waals surface area contributed by atoms with Crippen LogP contribution in [0.1, 0.15) is 47.0 Å². The molecule has 1 heterocycles. The van der Waals surface area contributed by atoms with Crippen LogP contribution >= 0.6 is 0 Å². The molecular weight excluding hydrogens is 212 g/mol. The Bertz CT molecular complexity index is 390. The zero-order valence-electron chi connectivity index (χ0n) is 11.4. The van der Waals surface area contributed by atoms with Crippen LogP contribution in [0.3, 0.4) is 0 Å². The summed E-state index contributed by atoms with van der Waals surface area (Å²) >= 11 is 0. The first-order valence-corrected chi connectivity index (χ1v) is 7.20. The predicted molar refractivity (Wildman–Crippen MR) is 65.5 cm³/mol. The molecular formula is C15H24O2. The minimum atomic E-state index is -0.150. The molecule has 2 heteroatoms. The van der Waals surface area contributed by atoms with Gasteiger partial charge in [0.05, 0.1) is 18.3 Å². The highest BCUT2D eigenvalue weighted by Crippen LogP contribution is 2.84. The molecule has 3 saturated carbocycles. The second kappa shape index (κ2) is 2.60. The van der Waals surface area contributed by atoms with Crippen LogP contribution in [0.5, 0.6) is 0 Å². The van der Waals surface area contributed by atoms with Gasteiger partial charge in [0.15, 0.2) is 0 Å². The van der Waals surface area contributed by atoms with Crippen molar-refractivity contribution in [3.05, 3.63) is 0 Å². The number of epoxide rings is 1. The molecule has 1 N–H and O–H groups in total. The van der Waals surface area contributed by atoms with Crippen molar-refractivity contribution in [3.63, 3.8) is 0 Å². The van der Waals surface area contributed by atoms with E-state index in [1.165, 1.54) is 12.8 Å². The first kappa shape index (κ1) is 10.8. The lowest BCUT2D eigenvalue weighted by Gasteiger charge is -2.57. The van der Waals surface area contributed by atoms with Gasteiger partial charge in [-0.2, -0.15) is 0 Å². The molecule has 0 aromatic carbocycles. The first-order valence-electron chi connectivity index (χ1n) is 7.20. The zero-order chi connectivity index (χ0) is 12.2. The molecule has 17 heavy (non-hydrogen) atoms. The summed E-state index contributed by atoms with van der Waals surface area (Å²) in [6.07, 6.45) is 4.09. The molecule has 3 aliphatic carbocycles. The third kappa shape index (κ3) is 0.889. The molecule has 0 amide bonds. The van der Waals surface area contributed by atoms with Gasteiger partial charge in [-0.1, -0.05) is 27.7 Å². The zero-order valence-corrected chi connectivity index (χ0v) is 11.4. The van der Waals surface area contributed by atoms with Gasteiger partial charge in [0, 0.05) is 5.41 Å². The van der Waals surface area contributed by atoms with Gasteiger partial charge >= 0.3 is 0 Å². The van der Waals surface area contributed by atoms with Gasteiger partial charge in [0.2, 0.25) is 0 Å². The smallest absolute Gasteiger partial charge is 0.0928 e. The third-order valence-corrected chi connectivity index (χ3v) is 7.19. The Labute approximate surface area is 104 Å². The quantitative estimate of drug-likeness (QED) is 0.656. The van der Waals surface area contributed by atoms with Crippen molar-refractivity contribution in [2.24, 2.45) is 28.1 Å². The van der Waals surface area contributed by atoms with Crippen LogP contribution in [0.25, 0.3) is 0 Å². The minimum absolute atomic E-state index is 0.0244. The molecule has 4 rings (SSSR count). The van der Waals surface area contributed by atoms with Crippen LogP contribution in [-0.4, -0.2) is 23.4 Å². The molecule has 1 saturated heterocycles. The standard InChI is InChI=1S/C15H24O2/c1-8-9-7-15(9)13(2,3)6-5-10(16)14(15,4)12-11(8)17-12/h8-12,16H,5-7H2,1-4H3/t8?,9-,10-,11+,12?,14-,15-/m0/s1. The van der Waals surface area contributed by atoms with Crippen LogP contribution in [-0.2, 0) is 4.74 Å². The number of ether oxygens (including phenoxy) is 1. The largest absolute Gasteiger partial charge is 0.392 e. The highest BCUT2D eigenvalue weighted by Gasteiger charge is 2.84. The summed E-state index contributed by atoms with van der Waals surface area (Å²) in [6.45, 7) is 9.52. The first-order chi connectivity index (χ1) is 7.86. The third-order valence-electron chi connectivity index (χ3n) is 7.19. The maximum Gasteiger partial charge on any atom is 0.0928 e. The molecule has 1 aliphatic heterocycles. The Hall–Kier alpha value is -0.0800. The molecule has 4 aliphatic rings. The topological polar surface area (TPSA) is 32.8 Å². The van der Waals surface area contributed by atoms with Gasteiger partial charge in [0.1, 0.15) is 0 Å². The maximum absolute atomic E-state index is 10.6. The van der Waals surface area contributed by atoms with Crippen molar-refractivity contribution < 1.29 is 9.84 Å². The van der Waals surface area contributed by atoms with E-state index < -0.39 is 0 Å². The van der Waals surface area contributed by atoms with E-state index in [1.807, 2.05) is 0 Å². The van der Waals surface area contributed by atoms with Crippen molar-refractivity contribution >= 4 is 0 Å². The molecule has 0 radical (unpaired) electrons. The Morgan fingerprint density at radius 1 is 1.24 bits per heavy atom. The van der Waals surface area contributed by atoms with E-state index in [-0.39, 0.29) is 11.5 Å². The number of aliphatic hydroxyl groups is 1. The molecule has 2 unspecified atom stereocenters. The Morgan fingerprint density at radius 2 is 1.94 bits per heavy atom. The molecule has 2 nitrogen and oxygen atoms in total. The van der Waals surface area contributed by atoms with E-state index in [9.17, 15) is 5.11 Å². The number of fused-ring (bicyclic) bond motifs is 2. The lowest BCUT2D eigenvalue weighted by atomic mass is 9.47. The van der Waals surface area contributed by atoms with E-state index in [4.69, 9.17) is 4.74 Å². The summed E-state index contributed by atoms with van der Waals surface area (Å²) in [5.74, 6) is 1.50. The van der Waals surface area contributed by atoms with Gasteiger partial charge < -0.3 is 9.84 Å². The highest BCUT2D eigenvalue weighted by atomic mass is 16.6. The van der Waals surface area contributed by atoms with Crippen molar-refractivity contribution in [2.75, 3.05) is 0 Å². The number of hydrogen-bond donors (Lipinski definition) is 1. The number of rotatable bonds is 0. The Balaban J connectivity index is 1.87. The summed E-state index contributed by atoms with van der Waals surface area (Å²) in [4.78, 5) is 0. The van der Waals surface area contributed by atoms with Crippen LogP contribution in [0.2, 0.25) is 0 Å². The molecule has 0 bridgehead atoms. The van der Waals surface area contributed by atoms with E-state index >= 15 is 0 Å². The molecule has 7 atom stereocenters. The van der Waals surface area contributed by atoms with E-state index in [2.05, 4.69) is 27.7 Å². The summed E-state index contributed by atoms with van der Waals surface area (Å²) < 4.78 is 5.96. The van der Waals surface area contributed by atoms with E-state index in [1.54, 1.807) is 0 Å². The second-order valence-electron chi connectivity index (χ2n) is 7.88. The maximum atomic E-state index is 10.6. The van der Waals surface area contributed by atoms with Gasteiger partial charge in [-0.3, -0.25) is 0 Å². The SMILES string of the molecule is CC1[C@H]2OC2[C@]2(C)[C@@H](O)CCC(C)(C)[C@@]23C[C@@H]13. The molecule has 4 fully saturated rings. The second-order valence-corrected chi connectivity index (χ2v) is 7.88. The van der Waals surface area contributed by atoms with Crippen LogP contribution in [0.15, 0.2) is 0 Å². The van der Waals surface area contributed by atoms with Crippen molar-refractivity contribution in [1.82, 2.24) is 0 Å². The number of aliphatic hydroxyl groups excluding tert-OH is 1. The highest BCUT2D eigenvalue weighted by molar-refractivity contribution is 5.31. The fraction of sp³-hybridized carbons (Fsp3) is 1.00. The summed E-state index contributed by atoms with van der Waals surface area (Å²) in [5, 5.41) is 10.6. The average molecular weight is 236 g/mol. The molecule has 0 aromatic rings. The fourth-order valence-corrected chi connectivity index (χ4v) is 6.05. The monoisotopic (exact) mass is 236 g/mol. The Kier molecular flexibility index (Phi) is 1.65. The van der Waals surface area contributed by atoms with E-state index in [0.717, 1.165) is 12.3 Å². The average Bonchev–Trinajstić information content (AvgIpc) is 3.11. The Morgan fingerprint density at radius 3 is 2.65 bits per heavy atom. The van der Waals surface area contributed by atoms with E-state index in [0.29, 0.717) is 29.0 Å². The normalized spacial score (nSPS) is 66.5. The van der Waals surface area contributed by atoms with Crippen LogP contribution in [0.4, 0.5) is 0 Å². The van der Waals surface area contributed by atoms with Crippen LogP contribution in [0, 0.1) is 28.1 Å². The fourth-order valence-electron chi connectivity index (χ4n) is 6.05. The van der Waals surface area contributed by atoms with Gasteiger partial charge in [-0.15, -0.1) is 0 Å². The minimum Gasteiger partial charge on any atom is -0.392 e. The van der Waals surface area contributed by atoms with Crippen molar-refractivity contribution in [1.29, 1.82) is 0 Å². The lowest BCUT2D eigenvalue weighted by Crippen LogP contribution is -2.58. The van der Waals surface area contributed by atoms with Gasteiger partial charge in [0.25, 0.3) is 0 Å². The lowest BCUT2D eigenvalue weighted by molar-refractivity contribution is -0.142. The predicted octanol–water partition coefficient (Wildman–Crippen LogP) is 2.60. The molecule has 96 valence electrons. The summed E-state index contributed by atoms with van der Waals surface area (Å²) in [7, 11) is 0. The van der Waals surface area contributed by atoms with Gasteiger partial charge in [-0.25, -0.2) is 0 Å². The van der Waals surface area contributed by atoms with Crippen molar-refractivity contribution in [2.45, 2.75) is 65.3 Å². The summed E-state index contributed by atoms with van der Waals surface area (Å²) in [5.41, 5.74) is 0.752. The molecule has 1 spiro atoms. The number of hydrogen-bond acceptors (Lipinski definition) is 2. The van der Waals surface area contributed by atoms with Gasteiger partial charge in [-0.05, 0) is 41.9 Å². The van der Waals surface area contributed by atoms with Crippen molar-refractivity contribution in [3.8, 4) is 0 Å². The molecule has 0 aromatic heterocycles. The van der Waals surface area contributed by atoms with Crippen LogP contribution < -0.4 is 0 Å². The summed E-state index contributed by atoms with van der Waals surface area (Å²) in [6, 6.07) is 0.